The van der Waals surface area contributed by atoms with Crippen LogP contribution in [0.1, 0.15) is 56.1 Å². The molecular formula is C16H20O. The highest BCUT2D eigenvalue weighted by molar-refractivity contribution is 5.71. The molecule has 2 atom stereocenters. The van der Waals surface area contributed by atoms with E-state index in [1.165, 1.54) is 42.4 Å². The number of benzene rings is 1. The summed E-state index contributed by atoms with van der Waals surface area (Å²) < 4.78 is 6.20. The summed E-state index contributed by atoms with van der Waals surface area (Å²) in [6.45, 7) is 6.31. The minimum Gasteiger partial charge on any atom is -0.489 e. The van der Waals surface area contributed by atoms with Gasteiger partial charge < -0.3 is 4.74 Å². The van der Waals surface area contributed by atoms with Crippen LogP contribution in [0.2, 0.25) is 0 Å². The second kappa shape index (κ2) is 4.21. The third-order valence-electron chi connectivity index (χ3n) is 4.22. The Kier molecular flexibility index (Phi) is 2.70. The molecule has 17 heavy (non-hydrogen) atoms. The smallest absolute Gasteiger partial charge is 0.130 e. The van der Waals surface area contributed by atoms with Crippen LogP contribution in [0.5, 0.6) is 5.75 Å². The first-order valence-corrected chi connectivity index (χ1v) is 6.79. The Balaban J connectivity index is 2.03. The maximum absolute atomic E-state index is 6.20. The van der Waals surface area contributed by atoms with Crippen LogP contribution in [0.3, 0.4) is 0 Å². The van der Waals surface area contributed by atoms with Gasteiger partial charge in [-0.2, -0.15) is 0 Å². The molecule has 0 aromatic heterocycles. The highest BCUT2D eigenvalue weighted by Gasteiger charge is 2.37. The summed E-state index contributed by atoms with van der Waals surface area (Å²) in [5.74, 6) is 1.78. The van der Waals surface area contributed by atoms with Crippen LogP contribution in [0, 0.1) is 0 Å². The van der Waals surface area contributed by atoms with Crippen LogP contribution in [0.4, 0.5) is 0 Å². The number of fused-ring (bicyclic) bond motifs is 3. The van der Waals surface area contributed by atoms with Crippen molar-refractivity contribution in [1.82, 2.24) is 0 Å². The van der Waals surface area contributed by atoms with E-state index in [0.29, 0.717) is 12.0 Å². The van der Waals surface area contributed by atoms with Gasteiger partial charge in [-0.15, -0.1) is 0 Å². The van der Waals surface area contributed by atoms with Crippen LogP contribution in [0.15, 0.2) is 24.8 Å². The average Bonchev–Trinajstić information content (AvgIpc) is 2.76. The molecule has 0 spiro atoms. The quantitative estimate of drug-likeness (QED) is 0.722. The van der Waals surface area contributed by atoms with Crippen molar-refractivity contribution in [3.05, 3.63) is 35.9 Å². The van der Waals surface area contributed by atoms with Crippen molar-refractivity contribution in [3.8, 4) is 5.75 Å². The Hall–Kier alpha value is -1.24. The van der Waals surface area contributed by atoms with Crippen molar-refractivity contribution < 1.29 is 4.74 Å². The first-order chi connectivity index (χ1) is 8.31. The summed E-state index contributed by atoms with van der Waals surface area (Å²) in [6, 6.07) is 6.56. The Morgan fingerprint density at radius 1 is 1.35 bits per heavy atom. The standard InChI is InChI=1S/C16H20O/c1-3-11(2)12-8-6-9-14-13-7-4-5-10-15(13)17-16(12)14/h6,8-9,13,15H,2-5,7,10H2,1H3. The fourth-order valence-corrected chi connectivity index (χ4v) is 3.19. The molecule has 0 saturated heterocycles. The minimum absolute atomic E-state index is 0.435. The van der Waals surface area contributed by atoms with E-state index in [2.05, 4.69) is 31.7 Å². The molecule has 90 valence electrons. The summed E-state index contributed by atoms with van der Waals surface area (Å²) in [4.78, 5) is 0. The van der Waals surface area contributed by atoms with E-state index in [1.807, 2.05) is 0 Å². The van der Waals surface area contributed by atoms with Gasteiger partial charge in [0.25, 0.3) is 0 Å². The van der Waals surface area contributed by atoms with Crippen LogP contribution < -0.4 is 4.74 Å². The summed E-state index contributed by atoms with van der Waals surface area (Å²) in [6.07, 6.45) is 6.61. The molecule has 1 aromatic rings. The van der Waals surface area contributed by atoms with Gasteiger partial charge in [-0.25, -0.2) is 0 Å². The maximum Gasteiger partial charge on any atom is 0.130 e. The molecule has 1 aromatic carbocycles. The van der Waals surface area contributed by atoms with Gasteiger partial charge >= 0.3 is 0 Å². The number of para-hydroxylation sites is 1. The first-order valence-electron chi connectivity index (χ1n) is 6.79. The molecule has 1 saturated carbocycles. The Bertz CT molecular complexity index is 447. The van der Waals surface area contributed by atoms with Crippen LogP contribution in [-0.4, -0.2) is 6.10 Å². The van der Waals surface area contributed by atoms with Crippen molar-refractivity contribution in [2.24, 2.45) is 0 Å². The molecule has 1 nitrogen and oxygen atoms in total. The van der Waals surface area contributed by atoms with E-state index in [4.69, 9.17) is 4.74 Å². The lowest BCUT2D eigenvalue weighted by Gasteiger charge is -2.23. The third-order valence-corrected chi connectivity index (χ3v) is 4.22. The molecule has 1 aliphatic carbocycles. The minimum atomic E-state index is 0.435. The van der Waals surface area contributed by atoms with Gasteiger partial charge in [-0.1, -0.05) is 38.1 Å². The molecule has 2 aliphatic rings. The monoisotopic (exact) mass is 228 g/mol. The maximum atomic E-state index is 6.20. The second-order valence-electron chi connectivity index (χ2n) is 5.23. The zero-order valence-electron chi connectivity index (χ0n) is 10.5. The molecule has 0 bridgehead atoms. The fraction of sp³-hybridized carbons (Fsp3) is 0.500. The molecule has 1 fully saturated rings. The highest BCUT2D eigenvalue weighted by Crippen LogP contribution is 2.48. The number of allylic oxidation sites excluding steroid dienone is 1. The highest BCUT2D eigenvalue weighted by atomic mass is 16.5. The Morgan fingerprint density at radius 3 is 3.00 bits per heavy atom. The molecular weight excluding hydrogens is 208 g/mol. The van der Waals surface area contributed by atoms with Crippen LogP contribution in [-0.2, 0) is 0 Å². The largest absolute Gasteiger partial charge is 0.489 e. The van der Waals surface area contributed by atoms with Gasteiger partial charge in [0.05, 0.1) is 0 Å². The van der Waals surface area contributed by atoms with Gasteiger partial charge in [0.2, 0.25) is 0 Å². The summed E-state index contributed by atoms with van der Waals surface area (Å²) in [5, 5.41) is 0. The second-order valence-corrected chi connectivity index (χ2v) is 5.23. The lowest BCUT2D eigenvalue weighted by Crippen LogP contribution is -2.22. The van der Waals surface area contributed by atoms with Crippen molar-refractivity contribution in [2.45, 2.75) is 51.0 Å². The van der Waals surface area contributed by atoms with E-state index < -0.39 is 0 Å². The Labute approximate surface area is 103 Å². The molecule has 3 rings (SSSR count). The zero-order chi connectivity index (χ0) is 11.8. The van der Waals surface area contributed by atoms with Crippen molar-refractivity contribution in [3.63, 3.8) is 0 Å². The molecule has 1 aliphatic heterocycles. The van der Waals surface area contributed by atoms with Gasteiger partial charge in [0.15, 0.2) is 0 Å². The molecule has 0 radical (unpaired) electrons. The number of hydrogen-bond donors (Lipinski definition) is 0. The van der Waals surface area contributed by atoms with E-state index in [9.17, 15) is 0 Å². The number of rotatable bonds is 2. The predicted octanol–water partition coefficient (Wildman–Crippen LogP) is 4.53. The van der Waals surface area contributed by atoms with Crippen molar-refractivity contribution in [1.29, 1.82) is 0 Å². The number of ether oxygens (including phenoxy) is 1. The van der Waals surface area contributed by atoms with Gasteiger partial charge in [0, 0.05) is 17.0 Å². The Morgan fingerprint density at radius 2 is 2.18 bits per heavy atom. The molecule has 1 heterocycles. The lowest BCUT2D eigenvalue weighted by molar-refractivity contribution is 0.163. The van der Waals surface area contributed by atoms with Crippen molar-refractivity contribution in [2.75, 3.05) is 0 Å². The molecule has 0 amide bonds. The van der Waals surface area contributed by atoms with E-state index in [-0.39, 0.29) is 0 Å². The molecule has 1 heteroatoms. The van der Waals surface area contributed by atoms with Crippen LogP contribution in [0.25, 0.3) is 5.57 Å². The zero-order valence-corrected chi connectivity index (χ0v) is 10.5. The van der Waals surface area contributed by atoms with Gasteiger partial charge in [-0.3, -0.25) is 0 Å². The average molecular weight is 228 g/mol. The first kappa shape index (κ1) is 10.9. The summed E-state index contributed by atoms with van der Waals surface area (Å²) in [5.41, 5.74) is 3.86. The lowest BCUT2D eigenvalue weighted by atomic mass is 9.83. The van der Waals surface area contributed by atoms with E-state index >= 15 is 0 Å². The predicted molar refractivity (Wildman–Crippen MR) is 71.4 cm³/mol. The normalized spacial score (nSPS) is 25.9. The van der Waals surface area contributed by atoms with Gasteiger partial charge in [-0.05, 0) is 31.3 Å². The third kappa shape index (κ3) is 1.69. The van der Waals surface area contributed by atoms with Gasteiger partial charge in [0.1, 0.15) is 11.9 Å². The number of hydrogen-bond acceptors (Lipinski definition) is 1. The van der Waals surface area contributed by atoms with E-state index in [1.54, 1.807) is 0 Å². The topological polar surface area (TPSA) is 9.23 Å². The van der Waals surface area contributed by atoms with Crippen molar-refractivity contribution >= 4 is 5.57 Å². The fourth-order valence-electron chi connectivity index (χ4n) is 3.19. The van der Waals surface area contributed by atoms with Crippen LogP contribution >= 0.6 is 0 Å². The SMILES string of the molecule is C=C(CC)c1cccc2c1OC1CCCCC21. The summed E-state index contributed by atoms with van der Waals surface area (Å²) >= 11 is 0. The summed E-state index contributed by atoms with van der Waals surface area (Å²) in [7, 11) is 0. The van der Waals surface area contributed by atoms with E-state index in [0.717, 1.165) is 12.2 Å². The molecule has 0 N–H and O–H groups in total. The molecule has 2 unspecified atom stereocenters.